The fraction of sp³-hybridized carbons (Fsp3) is 0.875. The molecule has 0 saturated carbocycles. The van der Waals surface area contributed by atoms with Crippen LogP contribution in [-0.2, 0) is 4.79 Å². The second-order valence-electron chi connectivity index (χ2n) is 3.89. The van der Waals surface area contributed by atoms with Crippen LogP contribution in [0.15, 0.2) is 0 Å². The van der Waals surface area contributed by atoms with Gasteiger partial charge < -0.3 is 5.32 Å². The molecule has 0 spiro atoms. The molecule has 1 atom stereocenters. The maximum atomic E-state index is 11.0. The fourth-order valence-corrected chi connectivity index (χ4v) is 0.655. The van der Waals surface area contributed by atoms with E-state index in [1.807, 2.05) is 6.92 Å². The minimum Gasteiger partial charge on any atom is -0.355 e. The van der Waals surface area contributed by atoms with E-state index in [9.17, 15) is 4.79 Å². The molecule has 0 aliphatic heterocycles. The average Bonchev–Trinajstić information content (AvgIpc) is 1.80. The summed E-state index contributed by atoms with van der Waals surface area (Å²) < 4.78 is 0. The summed E-state index contributed by atoms with van der Waals surface area (Å²) in [6.45, 7) is 8.81. The van der Waals surface area contributed by atoms with Crippen LogP contribution in [0.1, 0.15) is 27.7 Å². The normalized spacial score (nSPS) is 14.3. The van der Waals surface area contributed by atoms with E-state index < -0.39 is 0 Å². The summed E-state index contributed by atoms with van der Waals surface area (Å²) in [6, 6.07) is 0. The first-order valence-corrected chi connectivity index (χ1v) is 4.66. The fourth-order valence-electron chi connectivity index (χ4n) is 0.493. The van der Waals surface area contributed by atoms with E-state index in [0.29, 0.717) is 0 Å². The van der Waals surface area contributed by atoms with Crippen molar-refractivity contribution in [3.63, 3.8) is 0 Å². The SMILES string of the molecule is CC(Br)C(=O)NCC(C)(C)C. The van der Waals surface area contributed by atoms with Crippen LogP contribution in [0.3, 0.4) is 0 Å². The molecule has 66 valence electrons. The van der Waals surface area contributed by atoms with Crippen LogP contribution >= 0.6 is 15.9 Å². The Morgan fingerprint density at radius 3 is 2.27 bits per heavy atom. The lowest BCUT2D eigenvalue weighted by atomic mass is 9.97. The summed E-state index contributed by atoms with van der Waals surface area (Å²) in [7, 11) is 0. The second kappa shape index (κ2) is 4.10. The van der Waals surface area contributed by atoms with Gasteiger partial charge in [-0.15, -0.1) is 0 Å². The summed E-state index contributed by atoms with van der Waals surface area (Å²) in [5.74, 6) is 0.0555. The molecule has 0 aromatic rings. The van der Waals surface area contributed by atoms with E-state index in [2.05, 4.69) is 42.0 Å². The van der Waals surface area contributed by atoms with E-state index in [1.165, 1.54) is 0 Å². The first-order valence-electron chi connectivity index (χ1n) is 3.75. The molecule has 11 heavy (non-hydrogen) atoms. The average molecular weight is 222 g/mol. The first kappa shape index (κ1) is 11.0. The molecule has 0 heterocycles. The number of hydrogen-bond donors (Lipinski definition) is 1. The molecule has 0 radical (unpaired) electrons. The molecule has 0 fully saturated rings. The van der Waals surface area contributed by atoms with Crippen molar-refractivity contribution in [1.82, 2.24) is 5.32 Å². The van der Waals surface area contributed by atoms with E-state index in [4.69, 9.17) is 0 Å². The number of carbonyl (C=O) groups is 1. The third-order valence-electron chi connectivity index (χ3n) is 1.15. The zero-order chi connectivity index (χ0) is 9.07. The number of rotatable bonds is 2. The molecule has 0 saturated heterocycles. The van der Waals surface area contributed by atoms with Crippen molar-refractivity contribution in [2.24, 2.45) is 5.41 Å². The molecule has 2 nitrogen and oxygen atoms in total. The standard InChI is InChI=1S/C8H16BrNO/c1-6(9)7(11)10-5-8(2,3)4/h6H,5H2,1-4H3,(H,10,11). The van der Waals surface area contributed by atoms with Gasteiger partial charge in [-0.05, 0) is 12.3 Å². The Morgan fingerprint density at radius 2 is 2.00 bits per heavy atom. The number of carbonyl (C=O) groups excluding carboxylic acids is 1. The summed E-state index contributed by atoms with van der Waals surface area (Å²) in [5, 5.41) is 2.84. The van der Waals surface area contributed by atoms with Gasteiger partial charge in [0.25, 0.3) is 0 Å². The van der Waals surface area contributed by atoms with Crippen LogP contribution < -0.4 is 5.32 Å². The van der Waals surface area contributed by atoms with Gasteiger partial charge in [-0.3, -0.25) is 4.79 Å². The maximum Gasteiger partial charge on any atom is 0.233 e. The second-order valence-corrected chi connectivity index (χ2v) is 5.27. The van der Waals surface area contributed by atoms with Crippen molar-refractivity contribution in [3.8, 4) is 0 Å². The number of amides is 1. The highest BCUT2D eigenvalue weighted by atomic mass is 79.9. The number of alkyl halides is 1. The number of nitrogens with one attached hydrogen (secondary N) is 1. The van der Waals surface area contributed by atoms with Crippen molar-refractivity contribution >= 4 is 21.8 Å². The molecule has 1 N–H and O–H groups in total. The topological polar surface area (TPSA) is 29.1 Å². The van der Waals surface area contributed by atoms with Gasteiger partial charge in [-0.25, -0.2) is 0 Å². The minimum atomic E-state index is -0.0927. The Bertz CT molecular complexity index is 138. The molecule has 0 aromatic carbocycles. The zero-order valence-electron chi connectivity index (χ0n) is 7.57. The molecule has 1 amide bonds. The van der Waals surface area contributed by atoms with Gasteiger partial charge in [-0.2, -0.15) is 0 Å². The van der Waals surface area contributed by atoms with Gasteiger partial charge in [-0.1, -0.05) is 36.7 Å². The van der Waals surface area contributed by atoms with Crippen molar-refractivity contribution in [1.29, 1.82) is 0 Å². The summed E-state index contributed by atoms with van der Waals surface area (Å²) in [6.07, 6.45) is 0. The Kier molecular flexibility index (Phi) is 4.08. The molecule has 0 aromatic heterocycles. The van der Waals surface area contributed by atoms with Crippen LogP contribution in [0.5, 0.6) is 0 Å². The Labute approximate surface area is 76.9 Å². The molecular formula is C8H16BrNO. The van der Waals surface area contributed by atoms with E-state index in [0.717, 1.165) is 6.54 Å². The monoisotopic (exact) mass is 221 g/mol. The van der Waals surface area contributed by atoms with E-state index in [-0.39, 0.29) is 16.1 Å². The predicted octanol–water partition coefficient (Wildman–Crippen LogP) is 1.93. The van der Waals surface area contributed by atoms with Crippen LogP contribution in [0.25, 0.3) is 0 Å². The van der Waals surface area contributed by atoms with Gasteiger partial charge in [0.1, 0.15) is 0 Å². The molecule has 3 heteroatoms. The van der Waals surface area contributed by atoms with Crippen molar-refractivity contribution in [2.75, 3.05) is 6.54 Å². The van der Waals surface area contributed by atoms with Gasteiger partial charge in [0.15, 0.2) is 0 Å². The van der Waals surface area contributed by atoms with Crippen molar-refractivity contribution < 1.29 is 4.79 Å². The number of hydrogen-bond acceptors (Lipinski definition) is 1. The van der Waals surface area contributed by atoms with E-state index >= 15 is 0 Å². The largest absolute Gasteiger partial charge is 0.355 e. The third-order valence-corrected chi connectivity index (χ3v) is 1.57. The third kappa shape index (κ3) is 6.35. The van der Waals surface area contributed by atoms with Crippen LogP contribution in [0.2, 0.25) is 0 Å². The van der Waals surface area contributed by atoms with Gasteiger partial charge in [0.05, 0.1) is 4.83 Å². The van der Waals surface area contributed by atoms with Crippen LogP contribution in [-0.4, -0.2) is 17.3 Å². The lowest BCUT2D eigenvalue weighted by molar-refractivity contribution is -0.120. The first-order chi connectivity index (χ1) is 4.83. The molecule has 0 aliphatic carbocycles. The number of halogens is 1. The van der Waals surface area contributed by atoms with Crippen molar-refractivity contribution in [3.05, 3.63) is 0 Å². The lowest BCUT2D eigenvalue weighted by Crippen LogP contribution is -2.35. The maximum absolute atomic E-state index is 11.0. The zero-order valence-corrected chi connectivity index (χ0v) is 9.16. The molecule has 0 aliphatic rings. The van der Waals surface area contributed by atoms with Crippen LogP contribution in [0.4, 0.5) is 0 Å². The van der Waals surface area contributed by atoms with Gasteiger partial charge in [0.2, 0.25) is 5.91 Å². The Balaban J connectivity index is 3.64. The highest BCUT2D eigenvalue weighted by Gasteiger charge is 2.13. The molecule has 0 rings (SSSR count). The van der Waals surface area contributed by atoms with Gasteiger partial charge >= 0.3 is 0 Å². The Hall–Kier alpha value is -0.0500. The summed E-state index contributed by atoms with van der Waals surface area (Å²) >= 11 is 3.20. The smallest absolute Gasteiger partial charge is 0.233 e. The van der Waals surface area contributed by atoms with Crippen molar-refractivity contribution in [2.45, 2.75) is 32.5 Å². The van der Waals surface area contributed by atoms with E-state index in [1.54, 1.807) is 0 Å². The van der Waals surface area contributed by atoms with Gasteiger partial charge in [0, 0.05) is 6.54 Å². The minimum absolute atomic E-state index is 0.0555. The molecular weight excluding hydrogens is 206 g/mol. The Morgan fingerprint density at radius 1 is 1.55 bits per heavy atom. The summed E-state index contributed by atoms with van der Waals surface area (Å²) in [4.78, 5) is 10.9. The summed E-state index contributed by atoms with van der Waals surface area (Å²) in [5.41, 5.74) is 0.164. The predicted molar refractivity (Wildman–Crippen MR) is 50.9 cm³/mol. The van der Waals surface area contributed by atoms with Crippen LogP contribution in [0, 0.1) is 5.41 Å². The highest BCUT2D eigenvalue weighted by Crippen LogP contribution is 2.10. The molecule has 0 bridgehead atoms. The quantitative estimate of drug-likeness (QED) is 0.710. The molecule has 1 unspecified atom stereocenters. The lowest BCUT2D eigenvalue weighted by Gasteiger charge is -2.19. The highest BCUT2D eigenvalue weighted by molar-refractivity contribution is 9.10.